The number of halogens is 1. The van der Waals surface area contributed by atoms with E-state index >= 15 is 0 Å². The predicted molar refractivity (Wildman–Crippen MR) is 122 cm³/mol. The number of benzene rings is 3. The first-order valence-electron chi connectivity index (χ1n) is 9.56. The number of ether oxygens (including phenoxy) is 1. The number of carbonyl (C=O) groups excluding carboxylic acids is 1. The van der Waals surface area contributed by atoms with Gasteiger partial charge in [0.1, 0.15) is 6.61 Å². The van der Waals surface area contributed by atoms with Gasteiger partial charge in [0, 0.05) is 9.49 Å². The Kier molecular flexibility index (Phi) is 5.76. The molecule has 0 saturated heterocycles. The van der Waals surface area contributed by atoms with Crippen molar-refractivity contribution in [1.82, 2.24) is 5.32 Å². The van der Waals surface area contributed by atoms with Crippen LogP contribution in [-0.4, -0.2) is 23.8 Å². The molecule has 0 saturated carbocycles. The zero-order valence-electron chi connectivity index (χ0n) is 16.3. The Balaban J connectivity index is 1.51. The fraction of sp³-hybridized carbons (Fsp3) is 0.167. The maximum absolute atomic E-state index is 12.5. The van der Waals surface area contributed by atoms with Crippen molar-refractivity contribution >= 4 is 34.7 Å². The SMILES string of the molecule is Cc1cccc(C(NC(=O)OCC2c3ccccc3-c3ccccc32)C(=O)O)c1I. The molecule has 2 N–H and O–H groups in total. The second-order valence-corrected chi connectivity index (χ2v) is 8.30. The van der Waals surface area contributed by atoms with Crippen LogP contribution in [0.5, 0.6) is 0 Å². The van der Waals surface area contributed by atoms with E-state index in [4.69, 9.17) is 4.74 Å². The molecule has 0 radical (unpaired) electrons. The number of carbonyl (C=O) groups is 2. The van der Waals surface area contributed by atoms with Gasteiger partial charge in [0.05, 0.1) is 0 Å². The summed E-state index contributed by atoms with van der Waals surface area (Å²) >= 11 is 2.10. The number of hydrogen-bond donors (Lipinski definition) is 2. The number of fused-ring (bicyclic) bond motifs is 3. The third kappa shape index (κ3) is 3.79. The number of amides is 1. The molecule has 1 aliphatic rings. The van der Waals surface area contributed by atoms with Crippen molar-refractivity contribution in [2.45, 2.75) is 18.9 Å². The monoisotopic (exact) mass is 513 g/mol. The van der Waals surface area contributed by atoms with Gasteiger partial charge in [0.15, 0.2) is 6.04 Å². The van der Waals surface area contributed by atoms with Crippen LogP contribution in [0.15, 0.2) is 66.7 Å². The molecule has 0 aliphatic heterocycles. The molecule has 0 fully saturated rings. The Morgan fingerprint density at radius 1 is 1.00 bits per heavy atom. The van der Waals surface area contributed by atoms with Gasteiger partial charge in [-0.1, -0.05) is 66.7 Å². The zero-order chi connectivity index (χ0) is 21.3. The van der Waals surface area contributed by atoms with E-state index in [1.54, 1.807) is 12.1 Å². The highest BCUT2D eigenvalue weighted by molar-refractivity contribution is 14.1. The minimum absolute atomic E-state index is 0.0782. The Morgan fingerprint density at radius 2 is 1.60 bits per heavy atom. The number of aliphatic carboxylic acids is 1. The van der Waals surface area contributed by atoms with E-state index in [9.17, 15) is 14.7 Å². The summed E-state index contributed by atoms with van der Waals surface area (Å²) in [5.41, 5.74) is 5.98. The average Bonchev–Trinajstić information content (AvgIpc) is 3.06. The minimum atomic E-state index is -1.17. The van der Waals surface area contributed by atoms with E-state index in [1.165, 1.54) is 0 Å². The largest absolute Gasteiger partial charge is 0.479 e. The molecule has 4 rings (SSSR count). The van der Waals surface area contributed by atoms with Crippen LogP contribution >= 0.6 is 22.6 Å². The molecular weight excluding hydrogens is 493 g/mol. The summed E-state index contributed by atoms with van der Waals surface area (Å²) in [5, 5.41) is 12.2. The normalized spacial score (nSPS) is 13.3. The number of aryl methyl sites for hydroxylation is 1. The lowest BCUT2D eigenvalue weighted by atomic mass is 9.98. The van der Waals surface area contributed by atoms with Crippen LogP contribution in [0.2, 0.25) is 0 Å². The van der Waals surface area contributed by atoms with Crippen molar-refractivity contribution in [2.24, 2.45) is 0 Å². The standard InChI is InChI=1S/C24H20INO4/c1-14-7-6-12-19(21(14)25)22(23(27)28)26-24(29)30-13-20-17-10-4-2-8-15(17)16-9-3-5-11-18(16)20/h2-12,20,22H,13H2,1H3,(H,26,29)(H,27,28). The molecule has 1 atom stereocenters. The predicted octanol–water partition coefficient (Wildman–Crippen LogP) is 5.26. The molecule has 1 unspecified atom stereocenters. The average molecular weight is 513 g/mol. The Bertz CT molecular complexity index is 1080. The van der Waals surface area contributed by atoms with Crippen LogP contribution in [0.1, 0.15) is 34.2 Å². The van der Waals surface area contributed by atoms with Crippen LogP contribution in [0.3, 0.4) is 0 Å². The van der Waals surface area contributed by atoms with E-state index in [1.807, 2.05) is 49.4 Å². The summed E-state index contributed by atoms with van der Waals surface area (Å²) in [5.74, 6) is -1.21. The summed E-state index contributed by atoms with van der Waals surface area (Å²) in [6.07, 6.45) is -0.749. The summed E-state index contributed by atoms with van der Waals surface area (Å²) in [7, 11) is 0. The van der Waals surface area contributed by atoms with Gasteiger partial charge in [0.2, 0.25) is 0 Å². The van der Waals surface area contributed by atoms with Gasteiger partial charge in [-0.25, -0.2) is 9.59 Å². The first kappa shape index (κ1) is 20.4. The maximum Gasteiger partial charge on any atom is 0.408 e. The number of hydrogen-bond acceptors (Lipinski definition) is 3. The van der Waals surface area contributed by atoms with Crippen LogP contribution in [0, 0.1) is 10.5 Å². The Labute approximate surface area is 188 Å². The molecule has 0 bridgehead atoms. The lowest BCUT2D eigenvalue weighted by Gasteiger charge is -2.19. The molecule has 1 amide bonds. The second-order valence-electron chi connectivity index (χ2n) is 7.22. The van der Waals surface area contributed by atoms with E-state index in [0.29, 0.717) is 5.56 Å². The van der Waals surface area contributed by atoms with Crippen molar-refractivity contribution in [2.75, 3.05) is 6.61 Å². The van der Waals surface area contributed by atoms with Gasteiger partial charge in [-0.2, -0.15) is 0 Å². The molecule has 3 aromatic carbocycles. The summed E-state index contributed by atoms with van der Waals surface area (Å²) in [4.78, 5) is 24.3. The van der Waals surface area contributed by atoms with Gasteiger partial charge in [-0.15, -0.1) is 0 Å². The number of carboxylic acid groups (broad SMARTS) is 1. The van der Waals surface area contributed by atoms with Crippen molar-refractivity contribution in [3.63, 3.8) is 0 Å². The first-order chi connectivity index (χ1) is 14.5. The number of rotatable bonds is 5. The smallest absolute Gasteiger partial charge is 0.408 e. The lowest BCUT2D eigenvalue weighted by molar-refractivity contribution is -0.139. The number of carboxylic acids is 1. The van der Waals surface area contributed by atoms with Gasteiger partial charge >= 0.3 is 12.1 Å². The fourth-order valence-corrected chi connectivity index (χ4v) is 4.59. The van der Waals surface area contributed by atoms with Gasteiger partial charge in [-0.05, 0) is 62.9 Å². The van der Waals surface area contributed by atoms with E-state index < -0.39 is 18.1 Å². The number of nitrogens with one attached hydrogen (secondary N) is 1. The van der Waals surface area contributed by atoms with Crippen LogP contribution in [-0.2, 0) is 9.53 Å². The van der Waals surface area contributed by atoms with Crippen molar-refractivity contribution in [1.29, 1.82) is 0 Å². The highest BCUT2D eigenvalue weighted by atomic mass is 127. The number of alkyl carbamates (subject to hydrolysis) is 1. The second kappa shape index (κ2) is 8.47. The van der Waals surface area contributed by atoms with Crippen LogP contribution in [0.25, 0.3) is 11.1 Å². The maximum atomic E-state index is 12.5. The van der Waals surface area contributed by atoms with E-state index in [0.717, 1.165) is 31.4 Å². The third-order valence-corrected chi connectivity index (χ3v) is 6.86. The molecular formula is C24H20INO4. The molecule has 0 heterocycles. The minimum Gasteiger partial charge on any atom is -0.479 e. The quantitative estimate of drug-likeness (QED) is 0.457. The first-order valence-corrected chi connectivity index (χ1v) is 10.6. The fourth-order valence-electron chi connectivity index (χ4n) is 3.92. The molecule has 0 aromatic heterocycles. The molecule has 30 heavy (non-hydrogen) atoms. The van der Waals surface area contributed by atoms with Crippen LogP contribution in [0.4, 0.5) is 4.79 Å². The van der Waals surface area contributed by atoms with Crippen molar-refractivity contribution in [3.8, 4) is 11.1 Å². The lowest BCUT2D eigenvalue weighted by Crippen LogP contribution is -2.35. The molecule has 3 aromatic rings. The molecule has 0 spiro atoms. The molecule has 152 valence electrons. The third-order valence-electron chi connectivity index (χ3n) is 5.39. The van der Waals surface area contributed by atoms with Crippen molar-refractivity contribution in [3.05, 3.63) is 92.6 Å². The van der Waals surface area contributed by atoms with Crippen LogP contribution < -0.4 is 5.32 Å². The highest BCUT2D eigenvalue weighted by Gasteiger charge is 2.30. The summed E-state index contributed by atoms with van der Waals surface area (Å²) < 4.78 is 6.30. The van der Waals surface area contributed by atoms with Gasteiger partial charge in [-0.3, -0.25) is 0 Å². The molecule has 1 aliphatic carbocycles. The molecule has 6 heteroatoms. The molecule has 5 nitrogen and oxygen atoms in total. The summed E-state index contributed by atoms with van der Waals surface area (Å²) in [6.45, 7) is 2.04. The summed E-state index contributed by atoms with van der Waals surface area (Å²) in [6, 6.07) is 20.3. The van der Waals surface area contributed by atoms with E-state index in [2.05, 4.69) is 40.0 Å². The highest BCUT2D eigenvalue weighted by Crippen LogP contribution is 2.44. The van der Waals surface area contributed by atoms with Gasteiger partial charge < -0.3 is 15.2 Å². The topological polar surface area (TPSA) is 75.6 Å². The zero-order valence-corrected chi connectivity index (χ0v) is 18.4. The van der Waals surface area contributed by atoms with Gasteiger partial charge in [0.25, 0.3) is 0 Å². The Hall–Kier alpha value is -2.87. The Morgan fingerprint density at radius 3 is 2.20 bits per heavy atom. The van der Waals surface area contributed by atoms with E-state index in [-0.39, 0.29) is 12.5 Å². The van der Waals surface area contributed by atoms with Crippen molar-refractivity contribution < 1.29 is 19.4 Å².